The van der Waals surface area contributed by atoms with Crippen molar-refractivity contribution in [1.82, 2.24) is 0 Å². The standard InChI is InChI=1S/C24H19ClO3S/c1-16-3-13-22(14-4-16)29-23(24(27)19-7-9-20(25)10-8-19)15-18-5-11-21(12-6-18)28-17(2)26/h3-15H,1-2H3. The maximum absolute atomic E-state index is 13.1. The van der Waals surface area contributed by atoms with Crippen molar-refractivity contribution in [2.45, 2.75) is 18.7 Å². The van der Waals surface area contributed by atoms with Gasteiger partial charge in [-0.15, -0.1) is 0 Å². The lowest BCUT2D eigenvalue weighted by Gasteiger charge is -2.08. The van der Waals surface area contributed by atoms with Crippen LogP contribution in [0.1, 0.15) is 28.4 Å². The Kier molecular flexibility index (Phi) is 6.91. The molecule has 0 aliphatic rings. The lowest BCUT2D eigenvalue weighted by molar-refractivity contribution is -0.131. The van der Waals surface area contributed by atoms with Crippen molar-refractivity contribution in [3.05, 3.63) is 99.4 Å². The van der Waals surface area contributed by atoms with Gasteiger partial charge in [0.05, 0.1) is 4.91 Å². The highest BCUT2D eigenvalue weighted by Crippen LogP contribution is 2.32. The third-order valence-electron chi connectivity index (χ3n) is 4.02. The van der Waals surface area contributed by atoms with Gasteiger partial charge in [0, 0.05) is 22.4 Å². The molecule has 0 fully saturated rings. The smallest absolute Gasteiger partial charge is 0.308 e. The third kappa shape index (κ3) is 6.08. The normalized spacial score (nSPS) is 11.2. The molecule has 29 heavy (non-hydrogen) atoms. The largest absolute Gasteiger partial charge is 0.427 e. The number of aryl methyl sites for hydroxylation is 1. The number of hydrogen-bond donors (Lipinski definition) is 0. The van der Waals surface area contributed by atoms with Gasteiger partial charge in [-0.25, -0.2) is 0 Å². The number of ketones is 1. The maximum Gasteiger partial charge on any atom is 0.308 e. The van der Waals surface area contributed by atoms with Crippen LogP contribution < -0.4 is 4.74 Å². The Balaban J connectivity index is 1.93. The summed E-state index contributed by atoms with van der Waals surface area (Å²) >= 11 is 7.36. The second-order valence-electron chi connectivity index (χ2n) is 6.42. The van der Waals surface area contributed by atoms with E-state index in [0.29, 0.717) is 21.2 Å². The molecule has 3 rings (SSSR count). The summed E-state index contributed by atoms with van der Waals surface area (Å²) in [5.41, 5.74) is 2.56. The van der Waals surface area contributed by atoms with Gasteiger partial charge in [0.15, 0.2) is 5.78 Å². The van der Waals surface area contributed by atoms with Crippen LogP contribution in [-0.4, -0.2) is 11.8 Å². The van der Waals surface area contributed by atoms with E-state index in [2.05, 4.69) is 0 Å². The van der Waals surface area contributed by atoms with Gasteiger partial charge in [-0.2, -0.15) is 0 Å². The zero-order valence-corrected chi connectivity index (χ0v) is 17.6. The summed E-state index contributed by atoms with van der Waals surface area (Å²) in [4.78, 5) is 25.8. The quantitative estimate of drug-likeness (QED) is 0.148. The van der Waals surface area contributed by atoms with Crippen molar-refractivity contribution in [1.29, 1.82) is 0 Å². The second-order valence-corrected chi connectivity index (χ2v) is 7.97. The molecule has 0 bridgehead atoms. The predicted molar refractivity (Wildman–Crippen MR) is 119 cm³/mol. The highest BCUT2D eigenvalue weighted by molar-refractivity contribution is 8.04. The minimum atomic E-state index is -0.373. The van der Waals surface area contributed by atoms with Gasteiger partial charge in [-0.05, 0) is 67.1 Å². The van der Waals surface area contributed by atoms with Crippen molar-refractivity contribution in [3.63, 3.8) is 0 Å². The van der Waals surface area contributed by atoms with Crippen LogP contribution in [0.3, 0.4) is 0 Å². The van der Waals surface area contributed by atoms with Gasteiger partial charge in [0.25, 0.3) is 0 Å². The first-order valence-electron chi connectivity index (χ1n) is 8.96. The molecule has 3 nitrogen and oxygen atoms in total. The summed E-state index contributed by atoms with van der Waals surface area (Å²) in [5, 5.41) is 0.583. The number of esters is 1. The van der Waals surface area contributed by atoms with Crippen LogP contribution in [0.2, 0.25) is 5.02 Å². The van der Waals surface area contributed by atoms with Crippen LogP contribution >= 0.6 is 23.4 Å². The lowest BCUT2D eigenvalue weighted by atomic mass is 10.1. The minimum absolute atomic E-state index is 0.0868. The van der Waals surface area contributed by atoms with Crippen molar-refractivity contribution in [2.75, 3.05) is 0 Å². The first-order chi connectivity index (χ1) is 13.9. The Morgan fingerprint density at radius 2 is 1.52 bits per heavy atom. The van der Waals surface area contributed by atoms with Gasteiger partial charge < -0.3 is 4.74 Å². The van der Waals surface area contributed by atoms with Crippen molar-refractivity contribution in [2.24, 2.45) is 0 Å². The van der Waals surface area contributed by atoms with Crippen LogP contribution in [-0.2, 0) is 4.79 Å². The molecule has 0 heterocycles. The summed E-state index contributed by atoms with van der Waals surface area (Å²) < 4.78 is 5.06. The molecule has 0 aliphatic heterocycles. The summed E-state index contributed by atoms with van der Waals surface area (Å²) in [7, 11) is 0. The van der Waals surface area contributed by atoms with Crippen LogP contribution in [0.4, 0.5) is 0 Å². The second kappa shape index (κ2) is 9.59. The number of Topliss-reactive ketones (excluding diaryl/α,β-unsaturated/α-hetero) is 1. The van der Waals surface area contributed by atoms with E-state index in [-0.39, 0.29) is 11.8 Å². The molecule has 0 amide bonds. The monoisotopic (exact) mass is 422 g/mol. The number of thioether (sulfide) groups is 1. The molecule has 5 heteroatoms. The number of halogens is 1. The fourth-order valence-corrected chi connectivity index (χ4v) is 3.63. The molecule has 0 radical (unpaired) electrons. The third-order valence-corrected chi connectivity index (χ3v) is 5.30. The fourth-order valence-electron chi connectivity index (χ4n) is 2.57. The molecule has 0 N–H and O–H groups in total. The Labute approximate surface area is 179 Å². The Morgan fingerprint density at radius 1 is 0.897 bits per heavy atom. The molecule has 0 saturated carbocycles. The van der Waals surface area contributed by atoms with Gasteiger partial charge in [-0.3, -0.25) is 9.59 Å². The molecule has 0 aromatic heterocycles. The Morgan fingerprint density at radius 3 is 2.10 bits per heavy atom. The summed E-state index contributed by atoms with van der Waals surface area (Å²) in [6.45, 7) is 3.38. The number of carbonyl (C=O) groups is 2. The van der Waals surface area contributed by atoms with Gasteiger partial charge >= 0.3 is 5.97 Å². The van der Waals surface area contributed by atoms with Gasteiger partial charge in [0.2, 0.25) is 0 Å². The molecular weight excluding hydrogens is 404 g/mol. The van der Waals surface area contributed by atoms with Crippen molar-refractivity contribution < 1.29 is 14.3 Å². The number of hydrogen-bond acceptors (Lipinski definition) is 4. The van der Waals surface area contributed by atoms with E-state index in [0.717, 1.165) is 16.0 Å². The van der Waals surface area contributed by atoms with Crippen LogP contribution in [0, 0.1) is 6.92 Å². The van der Waals surface area contributed by atoms with E-state index in [1.54, 1.807) is 36.4 Å². The topological polar surface area (TPSA) is 43.4 Å². The van der Waals surface area contributed by atoms with Crippen LogP contribution in [0.25, 0.3) is 6.08 Å². The average molecular weight is 423 g/mol. The maximum atomic E-state index is 13.1. The molecule has 3 aromatic carbocycles. The first kappa shape index (κ1) is 20.9. The highest BCUT2D eigenvalue weighted by atomic mass is 35.5. The van der Waals surface area contributed by atoms with Gasteiger partial charge in [-0.1, -0.05) is 53.2 Å². The zero-order chi connectivity index (χ0) is 20.8. The molecule has 0 spiro atoms. The predicted octanol–water partition coefficient (Wildman–Crippen LogP) is 6.59. The Bertz CT molecular complexity index is 1040. The number of carbonyl (C=O) groups excluding carboxylic acids is 2. The zero-order valence-electron chi connectivity index (χ0n) is 16.0. The van der Waals surface area contributed by atoms with Crippen LogP contribution in [0.5, 0.6) is 5.75 Å². The average Bonchev–Trinajstić information content (AvgIpc) is 2.70. The summed E-state index contributed by atoms with van der Waals surface area (Å²) in [5.74, 6) is 0.00421. The lowest BCUT2D eigenvalue weighted by Crippen LogP contribution is -2.02. The number of allylic oxidation sites excluding steroid dienone is 1. The van der Waals surface area contributed by atoms with E-state index in [1.807, 2.05) is 49.4 Å². The summed E-state index contributed by atoms with van der Waals surface area (Å²) in [6.07, 6.45) is 1.83. The van der Waals surface area contributed by atoms with E-state index in [9.17, 15) is 9.59 Å². The molecule has 0 saturated heterocycles. The molecule has 0 atom stereocenters. The minimum Gasteiger partial charge on any atom is -0.427 e. The molecule has 146 valence electrons. The molecule has 3 aromatic rings. The van der Waals surface area contributed by atoms with E-state index in [4.69, 9.17) is 16.3 Å². The van der Waals surface area contributed by atoms with E-state index < -0.39 is 0 Å². The number of ether oxygens (including phenoxy) is 1. The number of benzene rings is 3. The van der Waals surface area contributed by atoms with E-state index in [1.165, 1.54) is 18.7 Å². The highest BCUT2D eigenvalue weighted by Gasteiger charge is 2.14. The fraction of sp³-hybridized carbons (Fsp3) is 0.0833. The van der Waals surface area contributed by atoms with Crippen LogP contribution in [0.15, 0.2) is 82.6 Å². The van der Waals surface area contributed by atoms with Crippen molar-refractivity contribution in [3.8, 4) is 5.75 Å². The number of rotatable bonds is 6. The van der Waals surface area contributed by atoms with E-state index >= 15 is 0 Å². The summed E-state index contributed by atoms with van der Waals surface area (Å²) in [6, 6.07) is 21.9. The molecule has 0 unspecified atom stereocenters. The molecule has 0 aliphatic carbocycles. The Hall–Kier alpha value is -2.82. The molecular formula is C24H19ClO3S. The first-order valence-corrected chi connectivity index (χ1v) is 10.1. The SMILES string of the molecule is CC(=O)Oc1ccc(C=C(Sc2ccc(C)cc2)C(=O)c2ccc(Cl)cc2)cc1. The van der Waals surface area contributed by atoms with Gasteiger partial charge in [0.1, 0.15) is 5.75 Å². The van der Waals surface area contributed by atoms with Crippen molar-refractivity contribution >= 4 is 41.2 Å².